The Bertz CT molecular complexity index is 208. The van der Waals surface area contributed by atoms with Gasteiger partial charge in [0.25, 0.3) is 0 Å². The lowest BCUT2D eigenvalue weighted by molar-refractivity contribution is -0.122. The molecule has 0 heterocycles. The van der Waals surface area contributed by atoms with Gasteiger partial charge in [-0.15, -0.1) is 0 Å². The molecule has 16 heavy (non-hydrogen) atoms. The highest BCUT2D eigenvalue weighted by molar-refractivity contribution is 4.97. The standard InChI is InChI=1S/C15H28O/c1-11(2)13-5-7-15(8-6-13)9-14(10-15)16-12(3)4/h11-14H,5-10H2,1-4H3. The van der Waals surface area contributed by atoms with E-state index in [1.165, 1.54) is 38.5 Å². The van der Waals surface area contributed by atoms with Gasteiger partial charge >= 0.3 is 0 Å². The molecule has 0 atom stereocenters. The van der Waals surface area contributed by atoms with E-state index in [9.17, 15) is 0 Å². The van der Waals surface area contributed by atoms with Crippen LogP contribution >= 0.6 is 0 Å². The van der Waals surface area contributed by atoms with E-state index in [4.69, 9.17) is 4.74 Å². The molecule has 0 radical (unpaired) electrons. The van der Waals surface area contributed by atoms with Crippen LogP contribution in [0, 0.1) is 17.3 Å². The van der Waals surface area contributed by atoms with Crippen LogP contribution in [-0.2, 0) is 4.74 Å². The van der Waals surface area contributed by atoms with Crippen LogP contribution in [0.15, 0.2) is 0 Å². The normalized spacial score (nSPS) is 39.4. The molecule has 0 aromatic carbocycles. The fraction of sp³-hybridized carbons (Fsp3) is 1.00. The van der Waals surface area contributed by atoms with Crippen LogP contribution < -0.4 is 0 Å². The van der Waals surface area contributed by atoms with E-state index < -0.39 is 0 Å². The van der Waals surface area contributed by atoms with E-state index >= 15 is 0 Å². The van der Waals surface area contributed by atoms with Gasteiger partial charge in [-0.05, 0) is 69.6 Å². The van der Waals surface area contributed by atoms with Crippen molar-refractivity contribution in [1.82, 2.24) is 0 Å². The molecule has 2 rings (SSSR count). The summed E-state index contributed by atoms with van der Waals surface area (Å²) in [7, 11) is 0. The van der Waals surface area contributed by atoms with Crippen LogP contribution in [0.2, 0.25) is 0 Å². The van der Waals surface area contributed by atoms with E-state index in [0.29, 0.717) is 17.6 Å². The van der Waals surface area contributed by atoms with Crippen LogP contribution in [0.5, 0.6) is 0 Å². The van der Waals surface area contributed by atoms with E-state index in [-0.39, 0.29) is 0 Å². The van der Waals surface area contributed by atoms with Crippen molar-refractivity contribution in [2.45, 2.75) is 78.4 Å². The minimum absolute atomic E-state index is 0.411. The third-order valence-electron chi connectivity index (χ3n) is 4.82. The van der Waals surface area contributed by atoms with Crippen LogP contribution in [-0.4, -0.2) is 12.2 Å². The molecular formula is C15H28O. The molecule has 1 spiro atoms. The molecule has 1 nitrogen and oxygen atoms in total. The van der Waals surface area contributed by atoms with Crippen LogP contribution in [0.3, 0.4) is 0 Å². The van der Waals surface area contributed by atoms with Crippen molar-refractivity contribution in [3.63, 3.8) is 0 Å². The smallest absolute Gasteiger partial charge is 0.0589 e. The van der Waals surface area contributed by atoms with Gasteiger partial charge in [-0.3, -0.25) is 0 Å². The van der Waals surface area contributed by atoms with Gasteiger partial charge < -0.3 is 4.74 Å². The zero-order chi connectivity index (χ0) is 11.8. The Morgan fingerprint density at radius 2 is 1.56 bits per heavy atom. The Balaban J connectivity index is 1.74. The molecule has 2 aliphatic rings. The second kappa shape index (κ2) is 4.68. The second-order valence-corrected chi connectivity index (χ2v) is 6.80. The molecule has 0 saturated heterocycles. The van der Waals surface area contributed by atoms with Gasteiger partial charge in [0, 0.05) is 0 Å². The Hall–Kier alpha value is -0.0400. The molecular weight excluding hydrogens is 196 g/mol. The first-order chi connectivity index (χ1) is 7.51. The summed E-state index contributed by atoms with van der Waals surface area (Å²) in [6, 6.07) is 0. The maximum absolute atomic E-state index is 5.89. The van der Waals surface area contributed by atoms with Crippen LogP contribution in [0.25, 0.3) is 0 Å². The zero-order valence-corrected chi connectivity index (χ0v) is 11.5. The molecule has 0 aromatic heterocycles. The van der Waals surface area contributed by atoms with Crippen molar-refractivity contribution in [1.29, 1.82) is 0 Å². The fourth-order valence-corrected chi connectivity index (χ4v) is 3.71. The average molecular weight is 224 g/mol. The highest BCUT2D eigenvalue weighted by atomic mass is 16.5. The lowest BCUT2D eigenvalue weighted by atomic mass is 9.57. The van der Waals surface area contributed by atoms with Gasteiger partial charge in [0.05, 0.1) is 12.2 Å². The molecule has 0 aromatic rings. The number of hydrogen-bond donors (Lipinski definition) is 0. The van der Waals surface area contributed by atoms with E-state index in [1.807, 2.05) is 0 Å². The maximum atomic E-state index is 5.89. The molecule has 0 aliphatic heterocycles. The summed E-state index contributed by atoms with van der Waals surface area (Å²) in [5.74, 6) is 1.89. The van der Waals surface area contributed by atoms with Crippen molar-refractivity contribution >= 4 is 0 Å². The summed E-state index contributed by atoms with van der Waals surface area (Å²) < 4.78 is 5.89. The summed E-state index contributed by atoms with van der Waals surface area (Å²) in [6.45, 7) is 9.07. The highest BCUT2D eigenvalue weighted by Crippen LogP contribution is 2.54. The van der Waals surface area contributed by atoms with Crippen LogP contribution in [0.4, 0.5) is 0 Å². The van der Waals surface area contributed by atoms with E-state index in [2.05, 4.69) is 27.7 Å². The van der Waals surface area contributed by atoms with Gasteiger partial charge in [-0.1, -0.05) is 13.8 Å². The Labute approximate surface area is 101 Å². The summed E-state index contributed by atoms with van der Waals surface area (Å²) in [5.41, 5.74) is 0.699. The Morgan fingerprint density at radius 1 is 1.00 bits per heavy atom. The predicted molar refractivity (Wildman–Crippen MR) is 68.5 cm³/mol. The van der Waals surface area contributed by atoms with Gasteiger partial charge in [0.2, 0.25) is 0 Å². The molecule has 0 amide bonds. The summed E-state index contributed by atoms with van der Waals surface area (Å²) in [5, 5.41) is 0. The van der Waals surface area contributed by atoms with Crippen molar-refractivity contribution in [3.05, 3.63) is 0 Å². The number of rotatable bonds is 3. The molecule has 0 bridgehead atoms. The topological polar surface area (TPSA) is 9.23 Å². The first-order valence-corrected chi connectivity index (χ1v) is 7.16. The summed E-state index contributed by atoms with van der Waals surface area (Å²) in [6.07, 6.45) is 9.54. The molecule has 1 heteroatoms. The monoisotopic (exact) mass is 224 g/mol. The maximum Gasteiger partial charge on any atom is 0.0589 e. The summed E-state index contributed by atoms with van der Waals surface area (Å²) >= 11 is 0. The first kappa shape index (κ1) is 12.4. The van der Waals surface area contributed by atoms with Gasteiger partial charge in [-0.2, -0.15) is 0 Å². The van der Waals surface area contributed by atoms with E-state index in [1.54, 1.807) is 0 Å². The van der Waals surface area contributed by atoms with Gasteiger partial charge in [-0.25, -0.2) is 0 Å². The fourth-order valence-electron chi connectivity index (χ4n) is 3.71. The third kappa shape index (κ3) is 2.61. The molecule has 2 fully saturated rings. The molecule has 0 unspecified atom stereocenters. The zero-order valence-electron chi connectivity index (χ0n) is 11.5. The van der Waals surface area contributed by atoms with E-state index in [0.717, 1.165) is 11.8 Å². The number of hydrogen-bond acceptors (Lipinski definition) is 1. The van der Waals surface area contributed by atoms with Gasteiger partial charge in [0.15, 0.2) is 0 Å². The molecule has 2 saturated carbocycles. The van der Waals surface area contributed by atoms with Gasteiger partial charge in [0.1, 0.15) is 0 Å². The SMILES string of the molecule is CC(C)OC1CC2(CCC(C(C)C)CC2)C1. The minimum Gasteiger partial charge on any atom is -0.376 e. The molecule has 0 N–H and O–H groups in total. The van der Waals surface area contributed by atoms with Crippen molar-refractivity contribution in [2.24, 2.45) is 17.3 Å². The molecule has 94 valence electrons. The molecule has 2 aliphatic carbocycles. The Kier molecular flexibility index (Phi) is 3.63. The quantitative estimate of drug-likeness (QED) is 0.690. The summed E-state index contributed by atoms with van der Waals surface area (Å²) in [4.78, 5) is 0. The first-order valence-electron chi connectivity index (χ1n) is 7.16. The van der Waals surface area contributed by atoms with Crippen LogP contribution in [0.1, 0.15) is 66.2 Å². The Morgan fingerprint density at radius 3 is 2.00 bits per heavy atom. The minimum atomic E-state index is 0.411. The number of ether oxygens (including phenoxy) is 1. The lowest BCUT2D eigenvalue weighted by Crippen LogP contribution is -2.45. The van der Waals surface area contributed by atoms with Crippen molar-refractivity contribution in [2.75, 3.05) is 0 Å². The lowest BCUT2D eigenvalue weighted by Gasteiger charge is -2.52. The largest absolute Gasteiger partial charge is 0.376 e. The third-order valence-corrected chi connectivity index (χ3v) is 4.82. The second-order valence-electron chi connectivity index (χ2n) is 6.80. The highest BCUT2D eigenvalue weighted by Gasteiger charge is 2.46. The average Bonchev–Trinajstić information content (AvgIpc) is 2.15. The van der Waals surface area contributed by atoms with Crippen molar-refractivity contribution in [3.8, 4) is 0 Å². The predicted octanol–water partition coefficient (Wildman–Crippen LogP) is 4.41. The van der Waals surface area contributed by atoms with Crippen molar-refractivity contribution < 1.29 is 4.74 Å².